The lowest BCUT2D eigenvalue weighted by Crippen LogP contribution is -2.44. The van der Waals surface area contributed by atoms with Crippen LogP contribution in [-0.2, 0) is 12.8 Å². The Kier molecular flexibility index (Phi) is 3.17. The molecule has 2 aliphatic rings. The predicted molar refractivity (Wildman–Crippen MR) is 71.3 cm³/mol. The van der Waals surface area contributed by atoms with Gasteiger partial charge in [-0.1, -0.05) is 18.2 Å². The number of hydrogen-bond acceptors (Lipinski definition) is 2. The van der Waals surface area contributed by atoms with Crippen molar-refractivity contribution in [1.82, 2.24) is 10.2 Å². The molecule has 2 heteroatoms. The monoisotopic (exact) mass is 230 g/mol. The molecule has 17 heavy (non-hydrogen) atoms. The van der Waals surface area contributed by atoms with Crippen LogP contribution in [-0.4, -0.2) is 31.1 Å². The van der Waals surface area contributed by atoms with E-state index in [1.165, 1.54) is 37.9 Å². The van der Waals surface area contributed by atoms with Gasteiger partial charge in [-0.3, -0.25) is 4.90 Å². The molecule has 3 rings (SSSR count). The van der Waals surface area contributed by atoms with Crippen LogP contribution in [0.2, 0.25) is 0 Å². The molecule has 92 valence electrons. The van der Waals surface area contributed by atoms with Gasteiger partial charge in [0.2, 0.25) is 0 Å². The predicted octanol–water partition coefficient (Wildman–Crippen LogP) is 2.14. The maximum absolute atomic E-state index is 3.42. The van der Waals surface area contributed by atoms with Gasteiger partial charge < -0.3 is 5.32 Å². The zero-order valence-corrected chi connectivity index (χ0v) is 10.7. The highest BCUT2D eigenvalue weighted by Crippen LogP contribution is 2.27. The average Bonchev–Trinajstić information content (AvgIpc) is 2.86. The summed E-state index contributed by atoms with van der Waals surface area (Å²) >= 11 is 0. The van der Waals surface area contributed by atoms with Crippen molar-refractivity contribution in [3.63, 3.8) is 0 Å². The molecule has 1 atom stereocenters. The Labute approximate surface area is 104 Å². The molecule has 0 amide bonds. The van der Waals surface area contributed by atoms with Crippen LogP contribution in [0, 0.1) is 0 Å². The molecule has 1 heterocycles. The van der Waals surface area contributed by atoms with Crippen LogP contribution in [0.15, 0.2) is 18.2 Å². The Hall–Kier alpha value is -0.860. The van der Waals surface area contributed by atoms with E-state index >= 15 is 0 Å². The second kappa shape index (κ2) is 4.79. The molecule has 1 saturated heterocycles. The molecule has 0 aromatic heterocycles. The summed E-state index contributed by atoms with van der Waals surface area (Å²) < 4.78 is 0. The summed E-state index contributed by atoms with van der Waals surface area (Å²) in [5.41, 5.74) is 4.69. The number of benzene rings is 1. The Balaban J connectivity index is 1.78. The first-order valence-electron chi connectivity index (χ1n) is 6.91. The van der Waals surface area contributed by atoms with Crippen molar-refractivity contribution >= 4 is 0 Å². The molecule has 1 unspecified atom stereocenters. The number of hydrogen-bond donors (Lipinski definition) is 1. The highest BCUT2D eigenvalue weighted by atomic mass is 15.2. The zero-order chi connectivity index (χ0) is 11.7. The Morgan fingerprint density at radius 3 is 2.71 bits per heavy atom. The van der Waals surface area contributed by atoms with E-state index < -0.39 is 0 Å². The Bertz CT molecular complexity index is 394. The van der Waals surface area contributed by atoms with E-state index in [1.807, 2.05) is 0 Å². The van der Waals surface area contributed by atoms with Crippen LogP contribution in [0.3, 0.4) is 0 Å². The fraction of sp³-hybridized carbons (Fsp3) is 0.600. The SMILES string of the molecule is CC(c1ccc2c(c1)CCC2)N1CCNCC1. The van der Waals surface area contributed by atoms with E-state index in [9.17, 15) is 0 Å². The highest BCUT2D eigenvalue weighted by Gasteiger charge is 2.19. The van der Waals surface area contributed by atoms with Crippen molar-refractivity contribution in [3.8, 4) is 0 Å². The largest absolute Gasteiger partial charge is 0.314 e. The van der Waals surface area contributed by atoms with E-state index in [-0.39, 0.29) is 0 Å². The maximum atomic E-state index is 3.42. The third-order valence-corrected chi connectivity index (χ3v) is 4.30. The molecule has 1 aliphatic heterocycles. The van der Waals surface area contributed by atoms with Gasteiger partial charge in [-0.15, -0.1) is 0 Å². The first-order chi connectivity index (χ1) is 8.34. The summed E-state index contributed by atoms with van der Waals surface area (Å²) in [6, 6.07) is 7.73. The fourth-order valence-corrected chi connectivity index (χ4v) is 3.13. The standard InChI is InChI=1S/C15H22N2/c1-12(17-9-7-16-8-10-17)14-6-5-13-3-2-4-15(13)11-14/h5-6,11-12,16H,2-4,7-10H2,1H3. The van der Waals surface area contributed by atoms with Crippen LogP contribution in [0.4, 0.5) is 0 Å². The highest BCUT2D eigenvalue weighted by molar-refractivity contribution is 5.36. The van der Waals surface area contributed by atoms with E-state index in [1.54, 1.807) is 11.1 Å². The summed E-state index contributed by atoms with van der Waals surface area (Å²) in [4.78, 5) is 2.59. The maximum Gasteiger partial charge on any atom is 0.0321 e. The van der Waals surface area contributed by atoms with E-state index in [0.717, 1.165) is 13.1 Å². The number of nitrogens with one attached hydrogen (secondary N) is 1. The molecule has 1 aromatic carbocycles. The molecule has 1 aromatic rings. The van der Waals surface area contributed by atoms with Crippen LogP contribution < -0.4 is 5.32 Å². The molecular formula is C15H22N2. The molecule has 0 radical (unpaired) electrons. The molecule has 0 spiro atoms. The van der Waals surface area contributed by atoms with Gasteiger partial charge in [-0.25, -0.2) is 0 Å². The fourth-order valence-electron chi connectivity index (χ4n) is 3.13. The minimum Gasteiger partial charge on any atom is -0.314 e. The number of aryl methyl sites for hydroxylation is 2. The van der Waals surface area contributed by atoms with Gasteiger partial charge in [0.1, 0.15) is 0 Å². The summed E-state index contributed by atoms with van der Waals surface area (Å²) in [5, 5.41) is 3.42. The smallest absolute Gasteiger partial charge is 0.0321 e. The molecular weight excluding hydrogens is 208 g/mol. The normalized spacial score (nSPS) is 22.4. The van der Waals surface area contributed by atoms with Crippen molar-refractivity contribution in [2.75, 3.05) is 26.2 Å². The van der Waals surface area contributed by atoms with E-state index in [0.29, 0.717) is 6.04 Å². The second-order valence-corrected chi connectivity index (χ2v) is 5.34. The molecule has 0 bridgehead atoms. The van der Waals surface area contributed by atoms with Crippen molar-refractivity contribution in [1.29, 1.82) is 0 Å². The Morgan fingerprint density at radius 2 is 1.88 bits per heavy atom. The number of piperazine rings is 1. The molecule has 0 saturated carbocycles. The molecule has 2 nitrogen and oxygen atoms in total. The van der Waals surface area contributed by atoms with Crippen LogP contribution in [0.25, 0.3) is 0 Å². The number of nitrogens with zero attached hydrogens (tertiary/aromatic N) is 1. The number of fused-ring (bicyclic) bond motifs is 1. The lowest BCUT2D eigenvalue weighted by atomic mass is 10.0. The minimum atomic E-state index is 0.572. The second-order valence-electron chi connectivity index (χ2n) is 5.34. The minimum absolute atomic E-state index is 0.572. The van der Waals surface area contributed by atoms with Gasteiger partial charge in [0.25, 0.3) is 0 Å². The third-order valence-electron chi connectivity index (χ3n) is 4.30. The van der Waals surface area contributed by atoms with Gasteiger partial charge >= 0.3 is 0 Å². The summed E-state index contributed by atoms with van der Waals surface area (Å²) in [6.45, 7) is 6.98. The van der Waals surface area contributed by atoms with Gasteiger partial charge in [0, 0.05) is 32.2 Å². The van der Waals surface area contributed by atoms with E-state index in [4.69, 9.17) is 0 Å². The van der Waals surface area contributed by atoms with Crippen molar-refractivity contribution in [3.05, 3.63) is 34.9 Å². The van der Waals surface area contributed by atoms with Gasteiger partial charge in [0.05, 0.1) is 0 Å². The Morgan fingerprint density at radius 1 is 1.12 bits per heavy atom. The quantitative estimate of drug-likeness (QED) is 0.837. The van der Waals surface area contributed by atoms with Gasteiger partial charge in [0.15, 0.2) is 0 Å². The molecule has 1 aliphatic carbocycles. The first kappa shape index (κ1) is 11.2. The van der Waals surface area contributed by atoms with Crippen molar-refractivity contribution in [2.45, 2.75) is 32.2 Å². The topological polar surface area (TPSA) is 15.3 Å². The summed E-state index contributed by atoms with van der Waals surface area (Å²) in [6.07, 6.45) is 3.93. The summed E-state index contributed by atoms with van der Waals surface area (Å²) in [7, 11) is 0. The number of rotatable bonds is 2. The van der Waals surface area contributed by atoms with E-state index in [2.05, 4.69) is 35.3 Å². The van der Waals surface area contributed by atoms with Gasteiger partial charge in [-0.2, -0.15) is 0 Å². The van der Waals surface area contributed by atoms with Crippen LogP contribution in [0.1, 0.15) is 36.1 Å². The van der Waals surface area contributed by atoms with Gasteiger partial charge in [-0.05, 0) is 42.9 Å². The zero-order valence-electron chi connectivity index (χ0n) is 10.7. The van der Waals surface area contributed by atoms with Crippen molar-refractivity contribution in [2.24, 2.45) is 0 Å². The van der Waals surface area contributed by atoms with Crippen molar-refractivity contribution < 1.29 is 0 Å². The average molecular weight is 230 g/mol. The lowest BCUT2D eigenvalue weighted by Gasteiger charge is -2.33. The first-order valence-corrected chi connectivity index (χ1v) is 6.91. The lowest BCUT2D eigenvalue weighted by molar-refractivity contribution is 0.185. The molecule has 1 N–H and O–H groups in total. The van der Waals surface area contributed by atoms with Crippen LogP contribution >= 0.6 is 0 Å². The summed E-state index contributed by atoms with van der Waals surface area (Å²) in [5.74, 6) is 0. The molecule has 1 fully saturated rings. The third kappa shape index (κ3) is 2.24. The van der Waals surface area contributed by atoms with Crippen LogP contribution in [0.5, 0.6) is 0 Å².